The van der Waals surface area contributed by atoms with Gasteiger partial charge in [0.1, 0.15) is 11.6 Å². The third-order valence-corrected chi connectivity index (χ3v) is 2.90. The summed E-state index contributed by atoms with van der Waals surface area (Å²) in [5.74, 6) is -0.191. The number of ketones is 1. The number of hydrogen-bond acceptors (Lipinski definition) is 2. The number of ether oxygens (including phenoxy) is 1. The van der Waals surface area contributed by atoms with E-state index in [2.05, 4.69) is 0 Å². The molecule has 0 fully saturated rings. The first kappa shape index (κ1) is 13.6. The number of hydrogen-bond donors (Lipinski definition) is 0. The van der Waals surface area contributed by atoms with Crippen molar-refractivity contribution in [3.05, 3.63) is 64.4 Å². The average Bonchev–Trinajstić information content (AvgIpc) is 2.39. The van der Waals surface area contributed by atoms with Crippen LogP contribution in [0.4, 0.5) is 4.39 Å². The van der Waals surface area contributed by atoms with Crippen LogP contribution in [0.2, 0.25) is 5.02 Å². The van der Waals surface area contributed by atoms with Gasteiger partial charge < -0.3 is 4.74 Å². The second kappa shape index (κ2) is 5.85. The van der Waals surface area contributed by atoms with Crippen LogP contribution in [0.25, 0.3) is 0 Å². The van der Waals surface area contributed by atoms with Crippen molar-refractivity contribution in [2.75, 3.05) is 6.61 Å². The molecular formula is C15H12ClFO2. The molecule has 4 heteroatoms. The lowest BCUT2D eigenvalue weighted by atomic mass is 10.1. The van der Waals surface area contributed by atoms with Gasteiger partial charge in [0.15, 0.2) is 6.61 Å². The lowest BCUT2D eigenvalue weighted by Crippen LogP contribution is -2.13. The molecule has 98 valence electrons. The zero-order valence-electron chi connectivity index (χ0n) is 10.3. The van der Waals surface area contributed by atoms with Crippen molar-refractivity contribution < 1.29 is 13.9 Å². The summed E-state index contributed by atoms with van der Waals surface area (Å²) in [5.41, 5.74) is 1.06. The highest BCUT2D eigenvalue weighted by atomic mass is 35.5. The smallest absolute Gasteiger partial charge is 0.200 e. The predicted molar refractivity (Wildman–Crippen MR) is 72.4 cm³/mol. The van der Waals surface area contributed by atoms with E-state index in [0.717, 1.165) is 5.56 Å². The molecule has 2 aromatic rings. The molecule has 0 N–H and O–H groups in total. The number of carbonyl (C=O) groups excluding carboxylic acids is 1. The maximum atomic E-state index is 13.1. The molecule has 0 aliphatic rings. The maximum Gasteiger partial charge on any atom is 0.200 e. The zero-order chi connectivity index (χ0) is 13.8. The van der Waals surface area contributed by atoms with Crippen molar-refractivity contribution in [1.82, 2.24) is 0 Å². The first-order valence-electron chi connectivity index (χ1n) is 5.74. The Hall–Kier alpha value is -1.87. The van der Waals surface area contributed by atoms with Gasteiger partial charge in [-0.3, -0.25) is 4.79 Å². The predicted octanol–water partition coefficient (Wildman–Crippen LogP) is 4.05. The molecule has 2 rings (SSSR count). The van der Waals surface area contributed by atoms with Crippen molar-refractivity contribution in [2.45, 2.75) is 6.92 Å². The molecule has 0 aromatic heterocycles. The van der Waals surface area contributed by atoms with Gasteiger partial charge in [-0.15, -0.1) is 0 Å². The Labute approximate surface area is 115 Å². The summed E-state index contributed by atoms with van der Waals surface area (Å²) in [6, 6.07) is 10.9. The van der Waals surface area contributed by atoms with E-state index in [-0.39, 0.29) is 12.4 Å². The summed E-state index contributed by atoms with van der Waals surface area (Å²) >= 11 is 5.81. The third kappa shape index (κ3) is 3.55. The van der Waals surface area contributed by atoms with E-state index < -0.39 is 5.82 Å². The Morgan fingerprint density at radius 1 is 1.26 bits per heavy atom. The van der Waals surface area contributed by atoms with Crippen molar-refractivity contribution in [2.24, 2.45) is 0 Å². The van der Waals surface area contributed by atoms with Gasteiger partial charge in [0.05, 0.1) is 0 Å². The molecule has 0 atom stereocenters. The fourth-order valence-electron chi connectivity index (χ4n) is 1.68. The summed E-state index contributed by atoms with van der Waals surface area (Å²) < 4.78 is 18.5. The van der Waals surface area contributed by atoms with Crippen LogP contribution in [0.3, 0.4) is 0 Å². The van der Waals surface area contributed by atoms with Gasteiger partial charge in [-0.25, -0.2) is 4.39 Å². The highest BCUT2D eigenvalue weighted by Crippen LogP contribution is 2.18. The largest absolute Gasteiger partial charge is 0.485 e. The molecular weight excluding hydrogens is 267 g/mol. The van der Waals surface area contributed by atoms with Gasteiger partial charge in [0.25, 0.3) is 0 Å². The first-order valence-corrected chi connectivity index (χ1v) is 6.12. The van der Waals surface area contributed by atoms with E-state index in [1.165, 1.54) is 12.1 Å². The normalized spacial score (nSPS) is 10.3. The maximum absolute atomic E-state index is 13.1. The van der Waals surface area contributed by atoms with Crippen molar-refractivity contribution in [3.8, 4) is 5.75 Å². The summed E-state index contributed by atoms with van der Waals surface area (Å²) in [4.78, 5) is 12.0. The summed E-state index contributed by atoms with van der Waals surface area (Å²) in [5, 5.41) is 0.534. The van der Waals surface area contributed by atoms with Gasteiger partial charge in [0.2, 0.25) is 5.78 Å². The minimum atomic E-state index is -0.434. The molecule has 0 amide bonds. The van der Waals surface area contributed by atoms with E-state index in [0.29, 0.717) is 16.3 Å². The molecule has 0 saturated heterocycles. The van der Waals surface area contributed by atoms with Crippen LogP contribution in [-0.4, -0.2) is 12.4 Å². The number of carbonyl (C=O) groups is 1. The average molecular weight is 279 g/mol. The van der Waals surface area contributed by atoms with Crippen LogP contribution in [0.15, 0.2) is 42.5 Å². The molecule has 2 nitrogen and oxygen atoms in total. The standard InChI is InChI=1S/C15H12ClFO2/c1-10-5-6-12(17)8-14(10)15(18)9-19-13-4-2-3-11(16)7-13/h2-8H,9H2,1H3. The van der Waals surface area contributed by atoms with E-state index in [1.54, 1.807) is 37.3 Å². The van der Waals surface area contributed by atoms with Crippen LogP contribution >= 0.6 is 11.6 Å². The SMILES string of the molecule is Cc1ccc(F)cc1C(=O)COc1cccc(Cl)c1. The number of rotatable bonds is 4. The van der Waals surface area contributed by atoms with Crippen molar-refractivity contribution >= 4 is 17.4 Å². The van der Waals surface area contributed by atoms with Gasteiger partial charge in [-0.1, -0.05) is 23.7 Å². The Bertz CT molecular complexity index is 611. The molecule has 0 spiro atoms. The highest BCUT2D eigenvalue weighted by Gasteiger charge is 2.11. The quantitative estimate of drug-likeness (QED) is 0.789. The lowest BCUT2D eigenvalue weighted by Gasteiger charge is -2.07. The molecule has 2 aromatic carbocycles. The molecule has 0 unspecified atom stereocenters. The second-order valence-corrected chi connectivity index (χ2v) is 4.56. The fourth-order valence-corrected chi connectivity index (χ4v) is 1.86. The molecule has 0 saturated carbocycles. The monoisotopic (exact) mass is 278 g/mol. The highest BCUT2D eigenvalue weighted by molar-refractivity contribution is 6.30. The topological polar surface area (TPSA) is 26.3 Å². The number of Topliss-reactive ketones (excluding diaryl/α,β-unsaturated/α-hetero) is 1. The van der Waals surface area contributed by atoms with E-state index >= 15 is 0 Å². The third-order valence-electron chi connectivity index (χ3n) is 2.67. The zero-order valence-corrected chi connectivity index (χ0v) is 11.1. The van der Waals surface area contributed by atoms with Crippen molar-refractivity contribution in [3.63, 3.8) is 0 Å². The Morgan fingerprint density at radius 2 is 2.05 bits per heavy atom. The van der Waals surface area contributed by atoms with Gasteiger partial charge in [-0.2, -0.15) is 0 Å². The van der Waals surface area contributed by atoms with Crippen LogP contribution in [-0.2, 0) is 0 Å². The molecule has 19 heavy (non-hydrogen) atoms. The molecule has 0 heterocycles. The summed E-state index contributed by atoms with van der Waals surface area (Å²) in [6.45, 7) is 1.61. The number of halogens is 2. The fraction of sp³-hybridized carbons (Fsp3) is 0.133. The van der Waals surface area contributed by atoms with Crippen LogP contribution in [0, 0.1) is 12.7 Å². The lowest BCUT2D eigenvalue weighted by molar-refractivity contribution is 0.0920. The Kier molecular flexibility index (Phi) is 4.17. The minimum Gasteiger partial charge on any atom is -0.485 e. The molecule has 0 bridgehead atoms. The van der Waals surface area contributed by atoms with Gasteiger partial charge in [-0.05, 0) is 42.8 Å². The molecule has 0 radical (unpaired) electrons. The van der Waals surface area contributed by atoms with E-state index in [4.69, 9.17) is 16.3 Å². The minimum absolute atomic E-state index is 0.148. The summed E-state index contributed by atoms with van der Waals surface area (Å²) in [7, 11) is 0. The van der Waals surface area contributed by atoms with Crippen LogP contribution in [0.5, 0.6) is 5.75 Å². The van der Waals surface area contributed by atoms with Crippen molar-refractivity contribution in [1.29, 1.82) is 0 Å². The number of aryl methyl sites for hydroxylation is 1. The van der Waals surface area contributed by atoms with Gasteiger partial charge >= 0.3 is 0 Å². The Morgan fingerprint density at radius 3 is 2.79 bits per heavy atom. The summed E-state index contributed by atoms with van der Waals surface area (Å²) in [6.07, 6.45) is 0. The number of benzene rings is 2. The second-order valence-electron chi connectivity index (χ2n) is 4.13. The van der Waals surface area contributed by atoms with Crippen LogP contribution < -0.4 is 4.74 Å². The molecule has 0 aliphatic heterocycles. The Balaban J connectivity index is 2.07. The van der Waals surface area contributed by atoms with E-state index in [1.807, 2.05) is 0 Å². The van der Waals surface area contributed by atoms with Gasteiger partial charge in [0, 0.05) is 10.6 Å². The first-order chi connectivity index (χ1) is 9.06. The molecule has 0 aliphatic carbocycles. The van der Waals surface area contributed by atoms with E-state index in [9.17, 15) is 9.18 Å². The van der Waals surface area contributed by atoms with Crippen LogP contribution in [0.1, 0.15) is 15.9 Å².